The molecule has 1 aliphatic carbocycles. The van der Waals surface area contributed by atoms with Crippen molar-refractivity contribution in [3.8, 4) is 5.75 Å². The number of carbonyl (C=O) groups is 1. The van der Waals surface area contributed by atoms with Crippen LogP contribution in [0.5, 0.6) is 5.75 Å². The predicted molar refractivity (Wildman–Crippen MR) is 85.7 cm³/mol. The van der Waals surface area contributed by atoms with Crippen molar-refractivity contribution >= 4 is 5.91 Å². The molecule has 1 amide bonds. The number of amides is 1. The number of nitrogens with zero attached hydrogens (tertiary/aromatic N) is 1. The molecule has 0 bridgehead atoms. The molecule has 1 aromatic rings. The maximum atomic E-state index is 12.2. The van der Waals surface area contributed by atoms with Crippen LogP contribution in [-0.2, 0) is 4.79 Å². The third-order valence-electron chi connectivity index (χ3n) is 4.64. The zero-order valence-corrected chi connectivity index (χ0v) is 14.1. The van der Waals surface area contributed by atoms with Gasteiger partial charge < -0.3 is 9.64 Å². The first-order valence-corrected chi connectivity index (χ1v) is 7.68. The van der Waals surface area contributed by atoms with Crippen LogP contribution in [0.4, 0.5) is 0 Å². The lowest BCUT2D eigenvalue weighted by Crippen LogP contribution is -2.33. The molecule has 0 aromatic heterocycles. The third-order valence-corrected chi connectivity index (χ3v) is 4.64. The standard InChI is InChI=1S/C18H27NO2/c1-12-9-13(2)14(3)16(10-12)21-8-7-19(6)17(20)15-11-18(15,4)5/h9-10,15H,7-8,11H2,1-6H3. The molecule has 0 N–H and O–H groups in total. The Bertz CT molecular complexity index is 548. The van der Waals surface area contributed by atoms with Crippen molar-refractivity contribution in [1.29, 1.82) is 0 Å². The highest BCUT2D eigenvalue weighted by molar-refractivity contribution is 5.82. The van der Waals surface area contributed by atoms with Gasteiger partial charge in [0.1, 0.15) is 12.4 Å². The fraction of sp³-hybridized carbons (Fsp3) is 0.611. The van der Waals surface area contributed by atoms with Crippen molar-refractivity contribution in [3.05, 3.63) is 28.8 Å². The fourth-order valence-electron chi connectivity index (χ4n) is 2.71. The van der Waals surface area contributed by atoms with E-state index in [0.717, 1.165) is 12.2 Å². The van der Waals surface area contributed by atoms with Gasteiger partial charge >= 0.3 is 0 Å². The quantitative estimate of drug-likeness (QED) is 0.830. The molecule has 0 heterocycles. The minimum atomic E-state index is 0.191. The van der Waals surface area contributed by atoms with Gasteiger partial charge in [0, 0.05) is 13.0 Å². The van der Waals surface area contributed by atoms with Gasteiger partial charge in [-0.1, -0.05) is 19.9 Å². The summed E-state index contributed by atoms with van der Waals surface area (Å²) >= 11 is 0. The van der Waals surface area contributed by atoms with E-state index in [1.807, 2.05) is 7.05 Å². The molecule has 1 saturated carbocycles. The Morgan fingerprint density at radius 2 is 1.95 bits per heavy atom. The third kappa shape index (κ3) is 3.58. The maximum absolute atomic E-state index is 12.2. The first kappa shape index (κ1) is 15.9. The summed E-state index contributed by atoms with van der Waals surface area (Å²) in [4.78, 5) is 14.0. The van der Waals surface area contributed by atoms with E-state index in [0.29, 0.717) is 13.2 Å². The molecule has 0 radical (unpaired) electrons. The van der Waals surface area contributed by atoms with E-state index in [1.165, 1.54) is 16.7 Å². The van der Waals surface area contributed by atoms with Crippen LogP contribution in [0.2, 0.25) is 0 Å². The summed E-state index contributed by atoms with van der Waals surface area (Å²) in [5.74, 6) is 1.38. The highest BCUT2D eigenvalue weighted by atomic mass is 16.5. The van der Waals surface area contributed by atoms with Crippen LogP contribution in [0.3, 0.4) is 0 Å². The van der Waals surface area contributed by atoms with Crippen LogP contribution in [0, 0.1) is 32.1 Å². The molecule has 1 fully saturated rings. The second-order valence-electron chi connectivity index (χ2n) is 7.06. The lowest BCUT2D eigenvalue weighted by Gasteiger charge is -2.19. The maximum Gasteiger partial charge on any atom is 0.226 e. The van der Waals surface area contributed by atoms with Crippen LogP contribution < -0.4 is 4.74 Å². The molecule has 3 nitrogen and oxygen atoms in total. The molecule has 0 aliphatic heterocycles. The number of ether oxygens (including phenoxy) is 1. The molecule has 3 heteroatoms. The van der Waals surface area contributed by atoms with E-state index in [9.17, 15) is 4.79 Å². The molecule has 1 atom stereocenters. The van der Waals surface area contributed by atoms with Gasteiger partial charge in [-0.2, -0.15) is 0 Å². The first-order chi connectivity index (χ1) is 9.72. The summed E-state index contributed by atoms with van der Waals surface area (Å²) in [6.45, 7) is 11.7. The number of carbonyl (C=O) groups excluding carboxylic acids is 1. The van der Waals surface area contributed by atoms with Gasteiger partial charge in [0.2, 0.25) is 5.91 Å². The van der Waals surface area contributed by atoms with Crippen molar-refractivity contribution in [1.82, 2.24) is 4.90 Å². The lowest BCUT2D eigenvalue weighted by molar-refractivity contribution is -0.132. The average molecular weight is 289 g/mol. The Labute approximate surface area is 128 Å². The minimum absolute atomic E-state index is 0.191. The Balaban J connectivity index is 1.86. The van der Waals surface area contributed by atoms with Crippen molar-refractivity contribution in [2.45, 2.75) is 41.0 Å². The monoisotopic (exact) mass is 289 g/mol. The van der Waals surface area contributed by atoms with E-state index in [-0.39, 0.29) is 17.2 Å². The summed E-state index contributed by atoms with van der Waals surface area (Å²) in [5.41, 5.74) is 3.82. The van der Waals surface area contributed by atoms with Crippen molar-refractivity contribution in [3.63, 3.8) is 0 Å². The van der Waals surface area contributed by atoms with E-state index in [4.69, 9.17) is 4.74 Å². The van der Waals surface area contributed by atoms with E-state index >= 15 is 0 Å². The summed E-state index contributed by atoms with van der Waals surface area (Å²) in [6, 6.07) is 4.22. The minimum Gasteiger partial charge on any atom is -0.491 e. The summed E-state index contributed by atoms with van der Waals surface area (Å²) in [6.07, 6.45) is 1.01. The molecular formula is C18H27NO2. The number of aryl methyl sites for hydroxylation is 2. The molecule has 0 spiro atoms. The normalized spacial score (nSPS) is 19.2. The van der Waals surface area contributed by atoms with Gasteiger partial charge in [-0.15, -0.1) is 0 Å². The molecule has 2 rings (SSSR count). The van der Waals surface area contributed by atoms with Crippen molar-refractivity contribution in [2.24, 2.45) is 11.3 Å². The molecular weight excluding hydrogens is 262 g/mol. The molecule has 0 saturated heterocycles. The number of rotatable bonds is 5. The largest absolute Gasteiger partial charge is 0.491 e. The fourth-order valence-corrected chi connectivity index (χ4v) is 2.71. The number of likely N-dealkylation sites (N-methyl/N-ethyl adjacent to an activating group) is 1. The Morgan fingerprint density at radius 3 is 2.52 bits per heavy atom. The van der Waals surface area contributed by atoms with Gasteiger partial charge in [0.25, 0.3) is 0 Å². The van der Waals surface area contributed by atoms with Crippen LogP contribution in [0.25, 0.3) is 0 Å². The van der Waals surface area contributed by atoms with E-state index in [1.54, 1.807) is 4.90 Å². The van der Waals surface area contributed by atoms with Crippen LogP contribution in [0.1, 0.15) is 37.0 Å². The smallest absolute Gasteiger partial charge is 0.226 e. The number of hydrogen-bond acceptors (Lipinski definition) is 2. The Morgan fingerprint density at radius 1 is 1.33 bits per heavy atom. The number of hydrogen-bond donors (Lipinski definition) is 0. The molecule has 21 heavy (non-hydrogen) atoms. The Hall–Kier alpha value is -1.51. The van der Waals surface area contributed by atoms with Gasteiger partial charge in [-0.3, -0.25) is 4.79 Å². The van der Waals surface area contributed by atoms with Gasteiger partial charge in [-0.25, -0.2) is 0 Å². The summed E-state index contributed by atoms with van der Waals surface area (Å²) < 4.78 is 5.88. The van der Waals surface area contributed by atoms with Crippen LogP contribution in [-0.4, -0.2) is 31.0 Å². The SMILES string of the molecule is Cc1cc(C)c(C)c(OCCN(C)C(=O)C2CC2(C)C)c1. The molecule has 1 aromatic carbocycles. The topological polar surface area (TPSA) is 29.5 Å². The van der Waals surface area contributed by atoms with Crippen molar-refractivity contribution < 1.29 is 9.53 Å². The molecule has 1 unspecified atom stereocenters. The zero-order valence-electron chi connectivity index (χ0n) is 14.1. The first-order valence-electron chi connectivity index (χ1n) is 7.68. The lowest BCUT2D eigenvalue weighted by atomic mass is 10.1. The van der Waals surface area contributed by atoms with Gasteiger partial charge in [0.15, 0.2) is 0 Å². The average Bonchev–Trinajstić information content (AvgIpc) is 3.03. The summed E-state index contributed by atoms with van der Waals surface area (Å²) in [5, 5.41) is 0. The second kappa shape index (κ2) is 5.70. The molecule has 1 aliphatic rings. The van der Waals surface area contributed by atoms with E-state index < -0.39 is 0 Å². The van der Waals surface area contributed by atoms with Gasteiger partial charge in [-0.05, 0) is 55.4 Å². The van der Waals surface area contributed by atoms with Crippen molar-refractivity contribution in [2.75, 3.05) is 20.2 Å². The van der Waals surface area contributed by atoms with Crippen LogP contribution >= 0.6 is 0 Å². The zero-order chi connectivity index (χ0) is 15.8. The Kier molecular flexibility index (Phi) is 4.31. The van der Waals surface area contributed by atoms with Gasteiger partial charge in [0.05, 0.1) is 6.54 Å². The summed E-state index contributed by atoms with van der Waals surface area (Å²) in [7, 11) is 1.87. The van der Waals surface area contributed by atoms with Crippen LogP contribution in [0.15, 0.2) is 12.1 Å². The predicted octanol–water partition coefficient (Wildman–Crippen LogP) is 3.50. The second-order valence-corrected chi connectivity index (χ2v) is 7.06. The molecule has 116 valence electrons. The highest BCUT2D eigenvalue weighted by Crippen LogP contribution is 2.52. The highest BCUT2D eigenvalue weighted by Gasteiger charge is 2.51. The van der Waals surface area contributed by atoms with E-state index in [2.05, 4.69) is 46.8 Å². The number of benzene rings is 1.